The van der Waals surface area contributed by atoms with Gasteiger partial charge in [-0.1, -0.05) is 12.1 Å². The molecule has 0 unspecified atom stereocenters. The van der Waals surface area contributed by atoms with Gasteiger partial charge < -0.3 is 19.9 Å². The van der Waals surface area contributed by atoms with Gasteiger partial charge in [-0.05, 0) is 45.0 Å². The van der Waals surface area contributed by atoms with Crippen molar-refractivity contribution < 1.29 is 9.53 Å². The Hall–Kier alpha value is -3.46. The number of ether oxygens (including phenoxy) is 1. The van der Waals surface area contributed by atoms with E-state index in [4.69, 9.17) is 4.74 Å². The molecule has 0 spiro atoms. The van der Waals surface area contributed by atoms with Crippen LogP contribution in [0.5, 0.6) is 5.75 Å². The van der Waals surface area contributed by atoms with Gasteiger partial charge in [-0.3, -0.25) is 0 Å². The van der Waals surface area contributed by atoms with E-state index >= 15 is 0 Å². The Balaban J connectivity index is 2.12. The normalized spacial score (nSPS) is 10.7. The van der Waals surface area contributed by atoms with Crippen molar-refractivity contribution in [1.82, 2.24) is 9.88 Å². The fourth-order valence-electron chi connectivity index (χ4n) is 3.37. The highest BCUT2D eigenvalue weighted by atomic mass is 16.5. The molecule has 0 bridgehead atoms. The number of fused-ring (bicyclic) bond motifs is 1. The number of aromatic nitrogens is 1. The minimum Gasteiger partial charge on any atom is -0.497 e. The van der Waals surface area contributed by atoms with Crippen LogP contribution in [0.2, 0.25) is 0 Å². The number of aryl methyl sites for hydroxylation is 1. The van der Waals surface area contributed by atoms with Crippen molar-refractivity contribution in [2.75, 3.05) is 12.4 Å². The Kier molecular flexibility index (Phi) is 5.55. The van der Waals surface area contributed by atoms with Crippen LogP contribution in [0.4, 0.5) is 10.5 Å². The predicted molar refractivity (Wildman–Crippen MR) is 112 cm³/mol. The van der Waals surface area contributed by atoms with Crippen LogP contribution >= 0.6 is 0 Å². The van der Waals surface area contributed by atoms with E-state index in [2.05, 4.69) is 21.3 Å². The molecular formula is C22H24N4O2. The maximum Gasteiger partial charge on any atom is 0.319 e. The molecule has 6 nitrogen and oxygen atoms in total. The van der Waals surface area contributed by atoms with Crippen LogP contribution in [0.15, 0.2) is 42.5 Å². The number of urea groups is 1. The van der Waals surface area contributed by atoms with Crippen LogP contribution < -0.4 is 15.4 Å². The first-order chi connectivity index (χ1) is 13.5. The van der Waals surface area contributed by atoms with Gasteiger partial charge in [0.1, 0.15) is 11.8 Å². The maximum atomic E-state index is 12.0. The fourth-order valence-corrected chi connectivity index (χ4v) is 3.37. The topological polar surface area (TPSA) is 79.1 Å². The summed E-state index contributed by atoms with van der Waals surface area (Å²) in [6, 6.07) is 15.4. The van der Waals surface area contributed by atoms with Crippen LogP contribution in [0.3, 0.4) is 0 Å². The number of nitriles is 1. The molecule has 0 atom stereocenters. The van der Waals surface area contributed by atoms with Crippen LogP contribution in [0.25, 0.3) is 22.2 Å². The van der Waals surface area contributed by atoms with E-state index in [9.17, 15) is 10.1 Å². The zero-order chi connectivity index (χ0) is 20.3. The van der Waals surface area contributed by atoms with Gasteiger partial charge in [0, 0.05) is 35.3 Å². The average molecular weight is 376 g/mol. The molecule has 28 heavy (non-hydrogen) atoms. The molecule has 0 saturated carbocycles. The van der Waals surface area contributed by atoms with E-state index in [-0.39, 0.29) is 12.1 Å². The van der Waals surface area contributed by atoms with Gasteiger partial charge in [0.2, 0.25) is 0 Å². The molecule has 6 heteroatoms. The van der Waals surface area contributed by atoms with Crippen molar-refractivity contribution >= 4 is 22.6 Å². The van der Waals surface area contributed by atoms with E-state index in [1.54, 1.807) is 7.11 Å². The standard InChI is InChI=1S/C22H24N4O2/c1-5-26-20-12-17(28-4)9-10-18(20)19(13-23)21(26)15-7-6-8-16(11-15)25-22(27)24-14(2)3/h6-12,14H,5H2,1-4H3,(H2,24,25,27). The summed E-state index contributed by atoms with van der Waals surface area (Å²) in [5.41, 5.74) is 3.94. The average Bonchev–Trinajstić information content (AvgIpc) is 2.99. The van der Waals surface area contributed by atoms with Crippen LogP contribution in [-0.4, -0.2) is 23.7 Å². The first-order valence-corrected chi connectivity index (χ1v) is 9.26. The summed E-state index contributed by atoms with van der Waals surface area (Å²) < 4.78 is 7.45. The minimum absolute atomic E-state index is 0.0472. The van der Waals surface area contributed by atoms with Crippen molar-refractivity contribution in [3.05, 3.63) is 48.0 Å². The lowest BCUT2D eigenvalue weighted by atomic mass is 10.1. The van der Waals surface area contributed by atoms with Crippen molar-refractivity contribution in [1.29, 1.82) is 5.26 Å². The van der Waals surface area contributed by atoms with Crippen molar-refractivity contribution in [2.24, 2.45) is 0 Å². The highest BCUT2D eigenvalue weighted by Gasteiger charge is 2.19. The smallest absolute Gasteiger partial charge is 0.319 e. The number of nitrogens with one attached hydrogen (secondary N) is 2. The van der Waals surface area contributed by atoms with Gasteiger partial charge >= 0.3 is 6.03 Å². The Morgan fingerprint density at radius 2 is 2.04 bits per heavy atom. The number of nitrogens with zero attached hydrogens (tertiary/aromatic N) is 2. The molecule has 2 aromatic carbocycles. The van der Waals surface area contributed by atoms with Gasteiger partial charge in [-0.25, -0.2) is 4.79 Å². The number of carbonyl (C=O) groups excluding carboxylic acids is 1. The molecule has 1 aromatic heterocycles. The number of anilines is 1. The van der Waals surface area contributed by atoms with Gasteiger partial charge in [0.05, 0.1) is 23.9 Å². The predicted octanol–water partition coefficient (Wildman–Crippen LogP) is 4.74. The molecule has 0 fully saturated rings. The quantitative estimate of drug-likeness (QED) is 0.675. The lowest BCUT2D eigenvalue weighted by Gasteiger charge is -2.13. The third-order valence-electron chi connectivity index (χ3n) is 4.51. The van der Waals surface area contributed by atoms with Gasteiger partial charge in [-0.2, -0.15) is 5.26 Å². The van der Waals surface area contributed by atoms with E-state index in [1.165, 1.54) is 0 Å². The molecule has 2 amide bonds. The highest BCUT2D eigenvalue weighted by molar-refractivity contribution is 5.96. The summed E-state index contributed by atoms with van der Waals surface area (Å²) in [6.45, 7) is 6.56. The molecule has 2 N–H and O–H groups in total. The summed E-state index contributed by atoms with van der Waals surface area (Å²) >= 11 is 0. The molecule has 144 valence electrons. The number of rotatable bonds is 5. The Bertz CT molecular complexity index is 1060. The zero-order valence-electron chi connectivity index (χ0n) is 16.5. The summed E-state index contributed by atoms with van der Waals surface area (Å²) in [7, 11) is 1.63. The molecule has 0 radical (unpaired) electrons. The molecule has 0 aliphatic heterocycles. The van der Waals surface area contributed by atoms with Crippen LogP contribution in [-0.2, 0) is 6.54 Å². The van der Waals surface area contributed by atoms with E-state index < -0.39 is 0 Å². The van der Waals surface area contributed by atoms with Crippen molar-refractivity contribution in [3.63, 3.8) is 0 Å². The van der Waals surface area contributed by atoms with Crippen molar-refractivity contribution in [3.8, 4) is 23.1 Å². The van der Waals surface area contributed by atoms with Crippen LogP contribution in [0, 0.1) is 11.3 Å². The molecule has 3 rings (SSSR count). The monoisotopic (exact) mass is 376 g/mol. The zero-order valence-corrected chi connectivity index (χ0v) is 16.5. The first kappa shape index (κ1) is 19.3. The first-order valence-electron chi connectivity index (χ1n) is 9.26. The summed E-state index contributed by atoms with van der Waals surface area (Å²) in [5, 5.41) is 16.4. The van der Waals surface area contributed by atoms with E-state index in [1.807, 2.05) is 63.2 Å². The molecule has 0 aliphatic rings. The van der Waals surface area contributed by atoms with E-state index in [0.29, 0.717) is 17.8 Å². The SMILES string of the molecule is CCn1c(-c2cccc(NC(=O)NC(C)C)c2)c(C#N)c2ccc(OC)cc21. The summed E-state index contributed by atoms with van der Waals surface area (Å²) in [5.74, 6) is 0.747. The molecular weight excluding hydrogens is 352 g/mol. The number of carbonyl (C=O) groups is 1. The lowest BCUT2D eigenvalue weighted by molar-refractivity contribution is 0.250. The van der Waals surface area contributed by atoms with Gasteiger partial charge in [-0.15, -0.1) is 0 Å². The second-order valence-electron chi connectivity index (χ2n) is 6.80. The molecule has 0 saturated heterocycles. The summed E-state index contributed by atoms with van der Waals surface area (Å²) in [6.07, 6.45) is 0. The number of benzene rings is 2. The van der Waals surface area contributed by atoms with Crippen LogP contribution in [0.1, 0.15) is 26.3 Å². The Morgan fingerprint density at radius 1 is 1.25 bits per heavy atom. The molecule has 1 heterocycles. The maximum absolute atomic E-state index is 12.0. The number of amides is 2. The largest absolute Gasteiger partial charge is 0.497 e. The highest BCUT2D eigenvalue weighted by Crippen LogP contribution is 2.36. The van der Waals surface area contributed by atoms with Gasteiger partial charge in [0.15, 0.2) is 0 Å². The summed E-state index contributed by atoms with van der Waals surface area (Å²) in [4.78, 5) is 12.0. The second-order valence-corrected chi connectivity index (χ2v) is 6.80. The Morgan fingerprint density at radius 3 is 2.68 bits per heavy atom. The number of hydrogen-bond donors (Lipinski definition) is 2. The third-order valence-corrected chi connectivity index (χ3v) is 4.51. The van der Waals surface area contributed by atoms with Crippen molar-refractivity contribution in [2.45, 2.75) is 33.4 Å². The third kappa shape index (κ3) is 3.65. The Labute approximate surface area is 164 Å². The fraction of sp³-hybridized carbons (Fsp3) is 0.273. The molecule has 0 aliphatic carbocycles. The lowest BCUT2D eigenvalue weighted by Crippen LogP contribution is -2.34. The minimum atomic E-state index is -0.256. The second kappa shape index (κ2) is 8.05. The molecule has 3 aromatic rings. The number of hydrogen-bond acceptors (Lipinski definition) is 3. The van der Waals surface area contributed by atoms with E-state index in [0.717, 1.165) is 27.9 Å². The number of methoxy groups -OCH3 is 1. The van der Waals surface area contributed by atoms with Gasteiger partial charge in [0.25, 0.3) is 0 Å².